The lowest BCUT2D eigenvalue weighted by Crippen LogP contribution is -2.38. The standard InChI is InChI=1S/C18H21N7O2/c19-15-7-9-24(18(20)21-15)11-3-4-14-12(10-11)13(22-23-14)2-1-8-25-16(26)5-6-17(25)27/h3-6,10,26-27H,1-2,7-9H2,(H,22,23)(H3,19,20,21). The molecule has 0 unspecified atom stereocenters. The van der Waals surface area contributed by atoms with Crippen LogP contribution in [0.1, 0.15) is 18.5 Å². The number of aryl methyl sites for hydroxylation is 1. The molecular formula is C18H21N7O2. The first-order valence-electron chi connectivity index (χ1n) is 8.76. The Labute approximate surface area is 155 Å². The van der Waals surface area contributed by atoms with E-state index in [1.807, 2.05) is 23.1 Å². The molecule has 1 aliphatic rings. The van der Waals surface area contributed by atoms with Gasteiger partial charge in [0.15, 0.2) is 11.8 Å². The number of aromatic hydroxyl groups is 2. The van der Waals surface area contributed by atoms with Gasteiger partial charge >= 0.3 is 0 Å². The third kappa shape index (κ3) is 3.19. The zero-order valence-electron chi connectivity index (χ0n) is 14.7. The van der Waals surface area contributed by atoms with Gasteiger partial charge in [-0.3, -0.25) is 15.1 Å². The minimum atomic E-state index is 0.0488. The van der Waals surface area contributed by atoms with Gasteiger partial charge in [0.05, 0.1) is 5.52 Å². The Bertz CT molecular complexity index is 1010. The van der Waals surface area contributed by atoms with Crippen LogP contribution in [0.5, 0.6) is 11.8 Å². The quantitative estimate of drug-likeness (QED) is 0.469. The number of aliphatic imine (C=N–C) groups is 1. The topological polar surface area (TPSA) is 140 Å². The molecule has 0 radical (unpaired) electrons. The molecule has 1 aromatic carbocycles. The van der Waals surface area contributed by atoms with Crippen LogP contribution in [0.3, 0.4) is 0 Å². The highest BCUT2D eigenvalue weighted by atomic mass is 16.3. The molecule has 3 aromatic rings. The highest BCUT2D eigenvalue weighted by molar-refractivity contribution is 6.05. The lowest BCUT2D eigenvalue weighted by molar-refractivity contribution is 0.364. The van der Waals surface area contributed by atoms with Gasteiger partial charge in [0.2, 0.25) is 5.96 Å². The minimum Gasteiger partial charge on any atom is -0.494 e. The third-order valence-corrected chi connectivity index (χ3v) is 4.77. The molecule has 0 bridgehead atoms. The van der Waals surface area contributed by atoms with Crippen LogP contribution in [-0.2, 0) is 13.0 Å². The number of rotatable bonds is 5. The van der Waals surface area contributed by atoms with Crippen molar-refractivity contribution in [2.75, 3.05) is 11.4 Å². The van der Waals surface area contributed by atoms with Crippen molar-refractivity contribution in [1.82, 2.24) is 14.8 Å². The number of H-pyrrole nitrogens is 1. The van der Waals surface area contributed by atoms with Crippen LogP contribution in [-0.4, -0.2) is 43.3 Å². The van der Waals surface area contributed by atoms with Gasteiger partial charge < -0.3 is 20.8 Å². The summed E-state index contributed by atoms with van der Waals surface area (Å²) in [5.41, 5.74) is 8.42. The Morgan fingerprint density at radius 3 is 2.70 bits per heavy atom. The van der Waals surface area contributed by atoms with Crippen LogP contribution in [0.25, 0.3) is 10.9 Å². The molecule has 27 heavy (non-hydrogen) atoms. The number of anilines is 1. The zero-order chi connectivity index (χ0) is 19.0. The van der Waals surface area contributed by atoms with Crippen LogP contribution in [0.15, 0.2) is 35.3 Å². The van der Waals surface area contributed by atoms with Crippen LogP contribution < -0.4 is 10.6 Å². The lowest BCUT2D eigenvalue weighted by atomic mass is 10.1. The van der Waals surface area contributed by atoms with Crippen molar-refractivity contribution < 1.29 is 10.2 Å². The molecule has 0 saturated carbocycles. The summed E-state index contributed by atoms with van der Waals surface area (Å²) in [5.74, 6) is 0.722. The first kappa shape index (κ1) is 17.0. The third-order valence-electron chi connectivity index (χ3n) is 4.77. The van der Waals surface area contributed by atoms with Gasteiger partial charge in [-0.2, -0.15) is 5.10 Å². The van der Waals surface area contributed by atoms with Gasteiger partial charge in [0, 0.05) is 48.4 Å². The van der Waals surface area contributed by atoms with E-state index in [1.165, 1.54) is 16.7 Å². The molecule has 3 heterocycles. The van der Waals surface area contributed by atoms with Gasteiger partial charge in [-0.1, -0.05) is 0 Å². The van der Waals surface area contributed by atoms with E-state index in [0.29, 0.717) is 31.8 Å². The van der Waals surface area contributed by atoms with Crippen LogP contribution in [0.2, 0.25) is 0 Å². The maximum atomic E-state index is 9.72. The number of guanidine groups is 1. The van der Waals surface area contributed by atoms with Crippen LogP contribution in [0, 0.1) is 5.41 Å². The average Bonchev–Trinajstić information content (AvgIpc) is 3.19. The number of fused-ring (bicyclic) bond motifs is 1. The number of nitrogens with two attached hydrogens (primary N) is 1. The summed E-state index contributed by atoms with van der Waals surface area (Å²) in [6.45, 7) is 1.12. The molecule has 0 amide bonds. The SMILES string of the molecule is N=C1N=C(N)CCN1c1ccc2n[nH]c(CCCn3c(O)ccc3O)c2c1. The highest BCUT2D eigenvalue weighted by Crippen LogP contribution is 2.26. The summed E-state index contributed by atoms with van der Waals surface area (Å²) in [5, 5.41) is 35.9. The van der Waals surface area contributed by atoms with Crippen LogP contribution >= 0.6 is 0 Å². The Kier molecular flexibility index (Phi) is 4.19. The molecule has 9 heteroatoms. The summed E-state index contributed by atoms with van der Waals surface area (Å²) < 4.78 is 1.46. The second-order valence-corrected chi connectivity index (χ2v) is 6.54. The lowest BCUT2D eigenvalue weighted by Gasteiger charge is -2.26. The minimum absolute atomic E-state index is 0.0488. The Balaban J connectivity index is 1.53. The number of nitrogens with one attached hydrogen (secondary N) is 2. The molecule has 1 aliphatic heterocycles. The molecule has 0 fully saturated rings. The number of amidine groups is 1. The summed E-state index contributed by atoms with van der Waals surface area (Å²) in [6, 6.07) is 8.79. The van der Waals surface area contributed by atoms with E-state index < -0.39 is 0 Å². The predicted octanol–water partition coefficient (Wildman–Crippen LogP) is 1.91. The second kappa shape index (κ2) is 6.67. The van der Waals surface area contributed by atoms with Crippen molar-refractivity contribution in [3.63, 3.8) is 0 Å². The number of aromatic amines is 1. The number of aromatic nitrogens is 3. The van der Waals surface area contributed by atoms with E-state index in [0.717, 1.165) is 28.7 Å². The van der Waals surface area contributed by atoms with E-state index in [9.17, 15) is 10.2 Å². The normalized spacial score (nSPS) is 14.7. The van der Waals surface area contributed by atoms with E-state index in [1.54, 1.807) is 0 Å². The zero-order valence-corrected chi connectivity index (χ0v) is 14.7. The number of hydrogen-bond acceptors (Lipinski definition) is 5. The molecule has 0 aliphatic carbocycles. The summed E-state index contributed by atoms with van der Waals surface area (Å²) in [6.07, 6.45) is 2.06. The summed E-state index contributed by atoms with van der Waals surface area (Å²) >= 11 is 0. The Morgan fingerprint density at radius 2 is 1.96 bits per heavy atom. The number of hydrogen-bond donors (Lipinski definition) is 5. The fourth-order valence-electron chi connectivity index (χ4n) is 3.33. The highest BCUT2D eigenvalue weighted by Gasteiger charge is 2.18. The van der Waals surface area contributed by atoms with E-state index >= 15 is 0 Å². The van der Waals surface area contributed by atoms with Crippen molar-refractivity contribution in [2.45, 2.75) is 25.8 Å². The van der Waals surface area contributed by atoms with E-state index in [4.69, 9.17) is 11.1 Å². The number of benzene rings is 1. The monoisotopic (exact) mass is 367 g/mol. The fourth-order valence-corrected chi connectivity index (χ4v) is 3.33. The molecule has 4 rings (SSSR count). The molecule has 140 valence electrons. The van der Waals surface area contributed by atoms with Gasteiger partial charge in [0.1, 0.15) is 5.84 Å². The van der Waals surface area contributed by atoms with Crippen molar-refractivity contribution in [1.29, 1.82) is 5.41 Å². The second-order valence-electron chi connectivity index (χ2n) is 6.54. The van der Waals surface area contributed by atoms with E-state index in [-0.39, 0.29) is 17.7 Å². The molecular weight excluding hydrogens is 346 g/mol. The van der Waals surface area contributed by atoms with Gasteiger partial charge in [0.25, 0.3) is 0 Å². The van der Waals surface area contributed by atoms with Crippen molar-refractivity contribution in [3.8, 4) is 11.8 Å². The van der Waals surface area contributed by atoms with Gasteiger partial charge in [-0.05, 0) is 31.0 Å². The van der Waals surface area contributed by atoms with Crippen molar-refractivity contribution in [3.05, 3.63) is 36.0 Å². The molecule has 2 aromatic heterocycles. The molecule has 0 spiro atoms. The first-order chi connectivity index (χ1) is 13.0. The smallest absolute Gasteiger partial charge is 0.224 e. The molecule has 0 saturated heterocycles. The van der Waals surface area contributed by atoms with Gasteiger partial charge in [-0.25, -0.2) is 4.99 Å². The van der Waals surface area contributed by atoms with Crippen LogP contribution in [0.4, 0.5) is 5.69 Å². The van der Waals surface area contributed by atoms with Gasteiger partial charge in [-0.15, -0.1) is 0 Å². The fraction of sp³-hybridized carbons (Fsp3) is 0.278. The average molecular weight is 367 g/mol. The summed E-state index contributed by atoms with van der Waals surface area (Å²) in [4.78, 5) is 5.88. The first-order valence-corrected chi connectivity index (χ1v) is 8.76. The van der Waals surface area contributed by atoms with Crippen molar-refractivity contribution >= 4 is 28.4 Å². The molecule has 9 nitrogen and oxygen atoms in total. The van der Waals surface area contributed by atoms with E-state index in [2.05, 4.69) is 15.2 Å². The Morgan fingerprint density at radius 1 is 1.19 bits per heavy atom. The summed E-state index contributed by atoms with van der Waals surface area (Å²) in [7, 11) is 0. The maximum absolute atomic E-state index is 9.72. The van der Waals surface area contributed by atoms with Crippen molar-refractivity contribution in [2.24, 2.45) is 10.7 Å². The predicted molar refractivity (Wildman–Crippen MR) is 103 cm³/mol. The number of nitrogens with zero attached hydrogens (tertiary/aromatic N) is 4. The molecule has 6 N–H and O–H groups in total. The maximum Gasteiger partial charge on any atom is 0.224 e. The largest absolute Gasteiger partial charge is 0.494 e. The molecule has 0 atom stereocenters. The Hall–Kier alpha value is -3.49.